The Morgan fingerprint density at radius 2 is 1.57 bits per heavy atom. The second-order valence-corrected chi connectivity index (χ2v) is 1.74. The van der Waals surface area contributed by atoms with Crippen molar-refractivity contribution in [3.63, 3.8) is 0 Å². The third kappa shape index (κ3) is 2.87. The zero-order valence-electron chi connectivity index (χ0n) is 3.04. The van der Waals surface area contributed by atoms with E-state index in [0.717, 1.165) is 0 Å². The first-order valence-electron chi connectivity index (χ1n) is 1.33. The Morgan fingerprint density at radius 3 is 1.57 bits per heavy atom. The Bertz CT molecular complexity index is 58.4. The van der Waals surface area contributed by atoms with E-state index in [2.05, 4.69) is 0 Å². The summed E-state index contributed by atoms with van der Waals surface area (Å²) in [6.07, 6.45) is -4.53. The molecule has 0 bridgehead atoms. The monoisotopic (exact) mass is 178 g/mol. The van der Waals surface area contributed by atoms with Crippen molar-refractivity contribution < 1.29 is 18.3 Å². The average Bonchev–Trinajstić information content (AvgIpc) is 1.31. The molecule has 0 spiro atoms. The van der Waals surface area contributed by atoms with Crippen LogP contribution in [0.5, 0.6) is 0 Å². The van der Waals surface area contributed by atoms with Gasteiger partial charge in [0.1, 0.15) is 0 Å². The summed E-state index contributed by atoms with van der Waals surface area (Å²) in [5.41, 5.74) is 0. The number of aliphatic hydroxyl groups excluding tert-OH is 1. The van der Waals surface area contributed by atoms with E-state index in [-0.39, 0.29) is 0 Å². The van der Waals surface area contributed by atoms with Crippen LogP contribution >= 0.6 is 15.9 Å². The van der Waals surface area contributed by atoms with Gasteiger partial charge < -0.3 is 5.11 Å². The zero-order valence-corrected chi connectivity index (χ0v) is 4.62. The molecule has 0 rings (SSSR count). The van der Waals surface area contributed by atoms with Crippen LogP contribution in [0.4, 0.5) is 13.2 Å². The molecule has 0 aromatic heterocycles. The molecule has 0 saturated carbocycles. The van der Waals surface area contributed by atoms with Crippen LogP contribution < -0.4 is 0 Å². The van der Waals surface area contributed by atoms with E-state index < -0.39 is 11.2 Å². The van der Waals surface area contributed by atoms with Crippen molar-refractivity contribution in [1.82, 2.24) is 0 Å². The first-order chi connectivity index (χ1) is 2.94. The van der Waals surface area contributed by atoms with Gasteiger partial charge in [0, 0.05) is 0 Å². The summed E-state index contributed by atoms with van der Waals surface area (Å²) in [5, 5.41) is 5.29. The molecule has 1 N–H and O–H groups in total. The summed E-state index contributed by atoms with van der Waals surface area (Å²) >= 11 is 1.93. The molecule has 0 radical (unpaired) electrons. The van der Waals surface area contributed by atoms with Crippen molar-refractivity contribution in [1.29, 1.82) is 0 Å². The smallest absolute Gasteiger partial charge is 0.373 e. The Hall–Kier alpha value is 0.230. The maximum Gasteiger partial charge on any atom is 0.424 e. The minimum Gasteiger partial charge on any atom is -0.373 e. The van der Waals surface area contributed by atoms with Crippen molar-refractivity contribution >= 4 is 15.9 Å². The van der Waals surface area contributed by atoms with Crippen LogP contribution in [-0.2, 0) is 0 Å². The summed E-state index contributed by atoms with van der Waals surface area (Å²) < 4.78 is 32.6. The molecule has 44 valence electrons. The molecule has 5 heteroatoms. The number of halogens is 4. The maximum absolute atomic E-state index is 10.9. The standard InChI is InChI=1S/C2H2BrF3O/c3-1(7)2(4,5)6/h1,7H. The highest BCUT2D eigenvalue weighted by Crippen LogP contribution is 2.23. The van der Waals surface area contributed by atoms with E-state index in [0.29, 0.717) is 0 Å². The molecule has 0 aliphatic heterocycles. The number of hydrogen-bond donors (Lipinski definition) is 1. The predicted octanol–water partition coefficient (Wildman–Crippen LogP) is 1.26. The molecule has 1 nitrogen and oxygen atoms in total. The lowest BCUT2D eigenvalue weighted by molar-refractivity contribution is -0.171. The van der Waals surface area contributed by atoms with Gasteiger partial charge in [0.25, 0.3) is 0 Å². The lowest BCUT2D eigenvalue weighted by atomic mass is 10.7. The lowest BCUT2D eigenvalue weighted by Gasteiger charge is -2.04. The second kappa shape index (κ2) is 2.00. The van der Waals surface area contributed by atoms with Gasteiger partial charge >= 0.3 is 6.18 Å². The van der Waals surface area contributed by atoms with Crippen LogP contribution in [0.2, 0.25) is 0 Å². The SMILES string of the molecule is OC(Br)C(F)(F)F. The molecule has 0 fully saturated rings. The van der Waals surface area contributed by atoms with Crippen molar-refractivity contribution in [3.8, 4) is 0 Å². The van der Waals surface area contributed by atoms with Gasteiger partial charge in [0.2, 0.25) is 5.01 Å². The summed E-state index contributed by atoms with van der Waals surface area (Å²) in [6.45, 7) is 0. The molecule has 0 aromatic carbocycles. The van der Waals surface area contributed by atoms with Crippen LogP contribution in [0.15, 0.2) is 0 Å². The third-order valence-electron chi connectivity index (χ3n) is 0.270. The Kier molecular flexibility index (Phi) is 2.07. The quantitative estimate of drug-likeness (QED) is 0.555. The van der Waals surface area contributed by atoms with Gasteiger partial charge in [-0.1, -0.05) is 0 Å². The number of aliphatic hydroxyl groups is 1. The second-order valence-electron chi connectivity index (χ2n) is 0.877. The van der Waals surface area contributed by atoms with E-state index in [9.17, 15) is 13.2 Å². The van der Waals surface area contributed by atoms with E-state index >= 15 is 0 Å². The van der Waals surface area contributed by atoms with E-state index in [1.54, 1.807) is 0 Å². The molecular formula is C2H2BrF3O. The Balaban J connectivity index is 3.54. The third-order valence-corrected chi connectivity index (χ3v) is 0.789. The maximum atomic E-state index is 10.9. The van der Waals surface area contributed by atoms with Crippen LogP contribution in [0.3, 0.4) is 0 Å². The highest BCUT2D eigenvalue weighted by atomic mass is 79.9. The molecule has 0 amide bonds. The molecular weight excluding hydrogens is 177 g/mol. The Morgan fingerprint density at radius 1 is 1.43 bits per heavy atom. The summed E-state index contributed by atoms with van der Waals surface area (Å²) in [6, 6.07) is 0. The van der Waals surface area contributed by atoms with Gasteiger partial charge in [-0.3, -0.25) is 0 Å². The largest absolute Gasteiger partial charge is 0.424 e. The summed E-state index contributed by atoms with van der Waals surface area (Å²) in [5.74, 6) is 0. The lowest BCUT2D eigenvalue weighted by Crippen LogP contribution is -2.21. The van der Waals surface area contributed by atoms with Crippen molar-refractivity contribution in [2.45, 2.75) is 11.2 Å². The first kappa shape index (κ1) is 7.23. The van der Waals surface area contributed by atoms with Crippen LogP contribution in [0, 0.1) is 0 Å². The molecule has 0 aliphatic rings. The average molecular weight is 179 g/mol. The fourth-order valence-corrected chi connectivity index (χ4v) is 0. The van der Waals surface area contributed by atoms with Crippen molar-refractivity contribution in [2.75, 3.05) is 0 Å². The van der Waals surface area contributed by atoms with Gasteiger partial charge in [-0.15, -0.1) is 0 Å². The normalized spacial score (nSPS) is 16.7. The fourth-order valence-electron chi connectivity index (χ4n) is 0. The molecule has 0 heterocycles. The topological polar surface area (TPSA) is 20.2 Å². The van der Waals surface area contributed by atoms with Gasteiger partial charge in [0.15, 0.2) is 0 Å². The molecule has 1 atom stereocenters. The highest BCUT2D eigenvalue weighted by Gasteiger charge is 2.35. The van der Waals surface area contributed by atoms with E-state index in [4.69, 9.17) is 5.11 Å². The van der Waals surface area contributed by atoms with E-state index in [1.165, 1.54) is 0 Å². The molecule has 7 heavy (non-hydrogen) atoms. The number of alkyl halides is 4. The van der Waals surface area contributed by atoms with Crippen molar-refractivity contribution in [2.24, 2.45) is 0 Å². The van der Waals surface area contributed by atoms with Crippen LogP contribution in [0.25, 0.3) is 0 Å². The minimum atomic E-state index is -4.53. The Labute approximate surface area is 46.3 Å². The van der Waals surface area contributed by atoms with Crippen molar-refractivity contribution in [3.05, 3.63) is 0 Å². The fraction of sp³-hybridized carbons (Fsp3) is 1.00. The first-order valence-corrected chi connectivity index (χ1v) is 2.25. The van der Waals surface area contributed by atoms with Crippen LogP contribution in [-0.4, -0.2) is 16.3 Å². The van der Waals surface area contributed by atoms with Gasteiger partial charge in [-0.25, -0.2) is 0 Å². The predicted molar refractivity (Wildman–Crippen MR) is 21.0 cm³/mol. The van der Waals surface area contributed by atoms with E-state index in [1.807, 2.05) is 15.9 Å². The molecule has 1 unspecified atom stereocenters. The number of rotatable bonds is 0. The highest BCUT2D eigenvalue weighted by molar-refractivity contribution is 9.09. The molecule has 0 aliphatic carbocycles. The molecule has 0 aromatic rings. The summed E-state index contributed by atoms with van der Waals surface area (Å²) in [7, 11) is 0. The minimum absolute atomic E-state index is 1.93. The van der Waals surface area contributed by atoms with Gasteiger partial charge in [-0.2, -0.15) is 13.2 Å². The zero-order chi connectivity index (χ0) is 6.08. The van der Waals surface area contributed by atoms with Gasteiger partial charge in [0.05, 0.1) is 0 Å². The number of hydrogen-bond acceptors (Lipinski definition) is 1. The van der Waals surface area contributed by atoms with Crippen LogP contribution in [0.1, 0.15) is 0 Å². The molecule has 0 saturated heterocycles. The summed E-state index contributed by atoms with van der Waals surface area (Å²) in [4.78, 5) is 0. The van der Waals surface area contributed by atoms with Gasteiger partial charge in [-0.05, 0) is 15.9 Å².